The lowest BCUT2D eigenvalue weighted by Gasteiger charge is -2.26. The van der Waals surface area contributed by atoms with Gasteiger partial charge in [-0.3, -0.25) is 9.59 Å². The summed E-state index contributed by atoms with van der Waals surface area (Å²) < 4.78 is 5.94. The second-order valence-corrected chi connectivity index (χ2v) is 8.72. The summed E-state index contributed by atoms with van der Waals surface area (Å²) in [7, 11) is 0. The summed E-state index contributed by atoms with van der Waals surface area (Å²) in [5.74, 6) is -0.742. The summed E-state index contributed by atoms with van der Waals surface area (Å²) in [6.45, 7) is 3.10. The van der Waals surface area contributed by atoms with E-state index in [0.29, 0.717) is 30.9 Å². The minimum Gasteiger partial charge on any atom is -0.507 e. The molecule has 35 heavy (non-hydrogen) atoms. The van der Waals surface area contributed by atoms with Crippen LogP contribution in [0, 0.1) is 0 Å². The Bertz CT molecular complexity index is 1190. The van der Waals surface area contributed by atoms with Crippen LogP contribution in [0.25, 0.3) is 5.76 Å². The van der Waals surface area contributed by atoms with Crippen LogP contribution in [0.3, 0.4) is 0 Å². The number of carbonyl (C=O) groups is 2. The molecule has 1 aliphatic rings. The topological polar surface area (TPSA) is 66.8 Å². The van der Waals surface area contributed by atoms with Gasteiger partial charge in [-0.05, 0) is 36.1 Å². The smallest absolute Gasteiger partial charge is 0.295 e. The zero-order chi connectivity index (χ0) is 24.6. The fraction of sp³-hybridized carbons (Fsp3) is 0.267. The molecule has 180 valence electrons. The largest absolute Gasteiger partial charge is 0.507 e. The Balaban J connectivity index is 1.71. The third-order valence-electron chi connectivity index (χ3n) is 6.26. The molecule has 1 N–H and O–H groups in total. The van der Waals surface area contributed by atoms with Gasteiger partial charge >= 0.3 is 0 Å². The maximum Gasteiger partial charge on any atom is 0.295 e. The highest BCUT2D eigenvalue weighted by atomic mass is 16.5. The third-order valence-corrected chi connectivity index (χ3v) is 6.26. The highest BCUT2D eigenvalue weighted by molar-refractivity contribution is 6.46. The first-order chi connectivity index (χ1) is 17.1. The minimum atomic E-state index is -0.696. The third kappa shape index (κ3) is 5.62. The molecule has 1 heterocycles. The number of ether oxygens (including phenoxy) is 1. The molecule has 5 heteroatoms. The number of Topliss-reactive ketones (excluding diaryl/α,β-unsaturated/α-hetero) is 1. The maximum absolute atomic E-state index is 13.2. The fourth-order valence-corrected chi connectivity index (χ4v) is 4.42. The molecule has 3 aromatic carbocycles. The molecule has 3 aromatic rings. The molecular weight excluding hydrogens is 438 g/mol. The lowest BCUT2D eigenvalue weighted by Crippen LogP contribution is -2.31. The average molecular weight is 470 g/mol. The van der Waals surface area contributed by atoms with Crippen molar-refractivity contribution in [3.05, 3.63) is 107 Å². The summed E-state index contributed by atoms with van der Waals surface area (Å²) in [5, 5.41) is 11.2. The van der Waals surface area contributed by atoms with E-state index in [1.165, 1.54) is 0 Å². The highest BCUT2D eigenvalue weighted by Crippen LogP contribution is 2.40. The number of unbranched alkanes of at least 4 members (excludes halogenated alkanes) is 2. The van der Waals surface area contributed by atoms with Crippen molar-refractivity contribution in [2.75, 3.05) is 13.2 Å². The van der Waals surface area contributed by atoms with E-state index < -0.39 is 17.7 Å². The van der Waals surface area contributed by atoms with Crippen LogP contribution in [0.4, 0.5) is 0 Å². The number of carbonyl (C=O) groups excluding carboxylic acids is 2. The van der Waals surface area contributed by atoms with Crippen LogP contribution in [-0.4, -0.2) is 34.8 Å². The maximum atomic E-state index is 13.2. The van der Waals surface area contributed by atoms with Gasteiger partial charge in [-0.25, -0.2) is 0 Å². The number of hydrogen-bond donors (Lipinski definition) is 1. The molecule has 1 atom stereocenters. The standard InChI is InChI=1S/C30H31NO4/c1-2-3-10-20-35-25-17-11-16-24(21-25)27-26(28(32)23-14-8-5-9-15-23)29(33)30(34)31(27)19-18-22-12-6-4-7-13-22/h4-9,11-17,21,27,32H,2-3,10,18-20H2,1H3/b28-26+. The average Bonchev–Trinajstić information content (AvgIpc) is 3.16. The molecule has 0 aromatic heterocycles. The van der Waals surface area contributed by atoms with Gasteiger partial charge in [0.15, 0.2) is 0 Å². The van der Waals surface area contributed by atoms with Gasteiger partial charge in [0.25, 0.3) is 11.7 Å². The van der Waals surface area contributed by atoms with Crippen molar-refractivity contribution < 1.29 is 19.4 Å². The number of aliphatic hydroxyl groups excluding tert-OH is 1. The first kappa shape index (κ1) is 24.3. The van der Waals surface area contributed by atoms with Gasteiger partial charge in [0.2, 0.25) is 0 Å². The van der Waals surface area contributed by atoms with Crippen molar-refractivity contribution in [1.29, 1.82) is 0 Å². The summed E-state index contributed by atoms with van der Waals surface area (Å²) in [6, 6.07) is 25.5. The van der Waals surface area contributed by atoms with Crippen molar-refractivity contribution >= 4 is 17.4 Å². The SMILES string of the molecule is CCCCCOc1cccc(C2/C(=C(\O)c3ccccc3)C(=O)C(=O)N2CCc2ccccc2)c1. The zero-order valence-corrected chi connectivity index (χ0v) is 20.0. The number of benzene rings is 3. The molecular formula is C30H31NO4. The Hall–Kier alpha value is -3.86. The fourth-order valence-electron chi connectivity index (χ4n) is 4.42. The Kier molecular flexibility index (Phi) is 7.99. The van der Waals surface area contributed by atoms with E-state index in [2.05, 4.69) is 6.92 Å². The second-order valence-electron chi connectivity index (χ2n) is 8.72. The molecule has 5 nitrogen and oxygen atoms in total. The summed E-state index contributed by atoms with van der Waals surface area (Å²) in [5.41, 5.74) is 2.43. The molecule has 4 rings (SSSR count). The summed E-state index contributed by atoms with van der Waals surface area (Å²) in [4.78, 5) is 28.0. The molecule has 1 unspecified atom stereocenters. The quantitative estimate of drug-likeness (QED) is 0.173. The Labute approximate surface area is 206 Å². The second kappa shape index (κ2) is 11.5. The van der Waals surface area contributed by atoms with Crippen LogP contribution in [0.15, 0.2) is 90.5 Å². The van der Waals surface area contributed by atoms with Gasteiger partial charge < -0.3 is 14.7 Å². The first-order valence-corrected chi connectivity index (χ1v) is 12.2. The van der Waals surface area contributed by atoms with Crippen LogP contribution in [-0.2, 0) is 16.0 Å². The van der Waals surface area contributed by atoms with E-state index in [-0.39, 0.29) is 11.3 Å². The van der Waals surface area contributed by atoms with Crippen LogP contribution < -0.4 is 4.74 Å². The Morgan fingerprint density at radius 3 is 2.34 bits per heavy atom. The van der Waals surface area contributed by atoms with Crippen LogP contribution in [0.5, 0.6) is 5.75 Å². The Morgan fingerprint density at radius 2 is 1.63 bits per heavy atom. The van der Waals surface area contributed by atoms with Crippen molar-refractivity contribution in [3.8, 4) is 5.75 Å². The number of aliphatic hydroxyl groups is 1. The van der Waals surface area contributed by atoms with Gasteiger partial charge in [0.1, 0.15) is 11.5 Å². The molecule has 0 aliphatic carbocycles. The first-order valence-electron chi connectivity index (χ1n) is 12.2. The molecule has 0 bridgehead atoms. The van der Waals surface area contributed by atoms with E-state index in [1.807, 2.05) is 60.7 Å². The molecule has 0 saturated carbocycles. The summed E-state index contributed by atoms with van der Waals surface area (Å²) >= 11 is 0. The van der Waals surface area contributed by atoms with Crippen LogP contribution >= 0.6 is 0 Å². The Morgan fingerprint density at radius 1 is 0.914 bits per heavy atom. The number of likely N-dealkylation sites (tertiary alicyclic amines) is 1. The van der Waals surface area contributed by atoms with Gasteiger partial charge in [-0.2, -0.15) is 0 Å². The number of hydrogen-bond acceptors (Lipinski definition) is 4. The van der Waals surface area contributed by atoms with Crippen molar-refractivity contribution in [2.45, 2.75) is 38.6 Å². The van der Waals surface area contributed by atoms with E-state index in [4.69, 9.17) is 4.74 Å². The molecule has 1 amide bonds. The lowest BCUT2D eigenvalue weighted by atomic mass is 9.95. The normalized spacial score (nSPS) is 17.1. The molecule has 1 fully saturated rings. The van der Waals surface area contributed by atoms with E-state index in [1.54, 1.807) is 29.2 Å². The number of amides is 1. The molecule has 1 saturated heterocycles. The molecule has 0 spiro atoms. The van der Waals surface area contributed by atoms with Crippen LogP contribution in [0.2, 0.25) is 0 Å². The predicted octanol–water partition coefficient (Wildman–Crippen LogP) is 5.92. The van der Waals surface area contributed by atoms with Crippen molar-refractivity contribution in [3.63, 3.8) is 0 Å². The van der Waals surface area contributed by atoms with Gasteiger partial charge in [-0.15, -0.1) is 0 Å². The van der Waals surface area contributed by atoms with Gasteiger partial charge in [-0.1, -0.05) is 92.6 Å². The van der Waals surface area contributed by atoms with E-state index >= 15 is 0 Å². The molecule has 0 radical (unpaired) electrons. The number of rotatable bonds is 10. The zero-order valence-electron chi connectivity index (χ0n) is 20.0. The number of ketones is 1. The van der Waals surface area contributed by atoms with Crippen molar-refractivity contribution in [1.82, 2.24) is 4.90 Å². The summed E-state index contributed by atoms with van der Waals surface area (Å²) in [6.07, 6.45) is 3.77. The number of nitrogens with zero attached hydrogens (tertiary/aromatic N) is 1. The van der Waals surface area contributed by atoms with E-state index in [0.717, 1.165) is 30.4 Å². The van der Waals surface area contributed by atoms with Crippen molar-refractivity contribution in [2.24, 2.45) is 0 Å². The monoisotopic (exact) mass is 469 g/mol. The van der Waals surface area contributed by atoms with E-state index in [9.17, 15) is 14.7 Å². The van der Waals surface area contributed by atoms with Gasteiger partial charge in [0, 0.05) is 12.1 Å². The highest BCUT2D eigenvalue weighted by Gasteiger charge is 2.45. The minimum absolute atomic E-state index is 0.109. The van der Waals surface area contributed by atoms with Gasteiger partial charge in [0.05, 0.1) is 18.2 Å². The predicted molar refractivity (Wildman–Crippen MR) is 137 cm³/mol. The molecule has 1 aliphatic heterocycles. The van der Waals surface area contributed by atoms with Crippen LogP contribution in [0.1, 0.15) is 48.9 Å². The lowest BCUT2D eigenvalue weighted by molar-refractivity contribution is -0.139.